The van der Waals surface area contributed by atoms with Crippen molar-refractivity contribution in [3.05, 3.63) is 51.4 Å². The van der Waals surface area contributed by atoms with E-state index in [1.807, 2.05) is 0 Å². The molecule has 1 unspecified atom stereocenters. The van der Waals surface area contributed by atoms with E-state index in [1.165, 1.54) is 12.3 Å². The lowest BCUT2D eigenvalue weighted by Crippen LogP contribution is -2.40. The van der Waals surface area contributed by atoms with Gasteiger partial charge in [0.15, 0.2) is 5.82 Å². The van der Waals surface area contributed by atoms with Gasteiger partial charge in [-0.15, -0.1) is 0 Å². The molecule has 1 fully saturated rings. The number of hydrogen-bond acceptors (Lipinski definition) is 3. The van der Waals surface area contributed by atoms with Crippen LogP contribution < -0.4 is 10.5 Å². The molecule has 0 N–H and O–H groups in total. The van der Waals surface area contributed by atoms with Crippen LogP contribution in [0.4, 0.5) is 14.5 Å². The van der Waals surface area contributed by atoms with Crippen molar-refractivity contribution in [2.24, 2.45) is 0 Å². The van der Waals surface area contributed by atoms with Crippen LogP contribution in [0.25, 0.3) is 5.69 Å². The monoisotopic (exact) mass is 353 g/mol. The van der Waals surface area contributed by atoms with Crippen molar-refractivity contribution in [2.45, 2.75) is 38.6 Å². The van der Waals surface area contributed by atoms with Crippen molar-refractivity contribution in [3.8, 4) is 5.69 Å². The topological polar surface area (TPSA) is 38.1 Å². The molecule has 0 bridgehead atoms. The molecule has 1 aromatic carbocycles. The normalized spacial score (nSPS) is 18.0. The molecule has 7 heteroatoms. The van der Waals surface area contributed by atoms with Crippen molar-refractivity contribution in [3.63, 3.8) is 0 Å². The molecule has 1 saturated heterocycles. The van der Waals surface area contributed by atoms with Crippen LogP contribution in [0.1, 0.15) is 32.6 Å². The predicted molar refractivity (Wildman–Crippen MR) is 90.0 cm³/mol. The summed E-state index contributed by atoms with van der Waals surface area (Å²) in [7, 11) is 0. The van der Waals surface area contributed by atoms with Crippen molar-refractivity contribution in [1.82, 2.24) is 9.78 Å². The molecule has 2 heterocycles. The van der Waals surface area contributed by atoms with Gasteiger partial charge in [0.25, 0.3) is 5.56 Å². The zero-order chi connectivity index (χ0) is 17.3. The molecule has 2 aromatic rings. The van der Waals surface area contributed by atoms with Crippen LogP contribution in [0.2, 0.25) is 5.02 Å². The van der Waals surface area contributed by atoms with E-state index in [1.54, 1.807) is 0 Å². The molecular formula is C17H18ClF2N3O. The van der Waals surface area contributed by atoms with Gasteiger partial charge in [-0.05, 0) is 37.8 Å². The van der Waals surface area contributed by atoms with E-state index in [2.05, 4.69) is 16.9 Å². The number of hydrogen-bond donors (Lipinski definition) is 0. The quantitative estimate of drug-likeness (QED) is 0.839. The fourth-order valence-electron chi connectivity index (χ4n) is 3.19. The zero-order valence-electron chi connectivity index (χ0n) is 13.3. The molecule has 24 heavy (non-hydrogen) atoms. The summed E-state index contributed by atoms with van der Waals surface area (Å²) in [4.78, 5) is 14.6. The van der Waals surface area contributed by atoms with Gasteiger partial charge >= 0.3 is 0 Å². The summed E-state index contributed by atoms with van der Waals surface area (Å²) in [5.74, 6) is -1.58. The summed E-state index contributed by atoms with van der Waals surface area (Å²) < 4.78 is 27.8. The smallest absolute Gasteiger partial charge is 0.292 e. The number of rotatable bonds is 3. The van der Waals surface area contributed by atoms with Crippen LogP contribution in [0.15, 0.2) is 29.2 Å². The molecule has 128 valence electrons. The maximum absolute atomic E-state index is 13.9. The van der Waals surface area contributed by atoms with E-state index in [0.717, 1.165) is 43.0 Å². The number of piperidine rings is 1. The van der Waals surface area contributed by atoms with E-state index in [9.17, 15) is 13.6 Å². The first-order valence-electron chi connectivity index (χ1n) is 8.02. The lowest BCUT2D eigenvalue weighted by atomic mass is 9.99. The van der Waals surface area contributed by atoms with Gasteiger partial charge in [0.2, 0.25) is 0 Å². The fourth-order valence-corrected chi connectivity index (χ4v) is 3.43. The second-order valence-corrected chi connectivity index (χ2v) is 6.29. The SMILES string of the molecule is CCC1CCCCN1c1cnn(-c2ccc(F)cc2F)c(=O)c1Cl. The van der Waals surface area contributed by atoms with Crippen molar-refractivity contribution in [2.75, 3.05) is 11.4 Å². The standard InChI is InChI=1S/C17H18ClF2N3O/c1-2-12-5-3-4-8-22(12)15-10-21-23(17(24)16(15)18)14-7-6-11(19)9-13(14)20/h6-7,9-10,12H,2-5,8H2,1H3. The molecule has 1 aromatic heterocycles. The predicted octanol–water partition coefficient (Wildman–Crippen LogP) is 3.93. The Labute approximate surface area is 143 Å². The Balaban J connectivity index is 2.04. The number of nitrogens with zero attached hydrogens (tertiary/aromatic N) is 3. The summed E-state index contributed by atoms with van der Waals surface area (Å²) in [6.07, 6.45) is 5.66. The van der Waals surface area contributed by atoms with E-state index < -0.39 is 17.2 Å². The molecular weight excluding hydrogens is 336 g/mol. The number of benzene rings is 1. The lowest BCUT2D eigenvalue weighted by Gasteiger charge is -2.37. The van der Waals surface area contributed by atoms with Crippen molar-refractivity contribution < 1.29 is 8.78 Å². The van der Waals surface area contributed by atoms with Crippen molar-refractivity contribution >= 4 is 17.3 Å². The first-order valence-corrected chi connectivity index (χ1v) is 8.40. The van der Waals surface area contributed by atoms with Gasteiger partial charge in [0, 0.05) is 18.7 Å². The minimum Gasteiger partial charge on any atom is -0.366 e. The molecule has 0 aliphatic carbocycles. The largest absolute Gasteiger partial charge is 0.366 e. The summed E-state index contributed by atoms with van der Waals surface area (Å²) in [5, 5.41) is 4.07. The average molecular weight is 354 g/mol. The molecule has 1 aliphatic rings. The van der Waals surface area contributed by atoms with E-state index >= 15 is 0 Å². The summed E-state index contributed by atoms with van der Waals surface area (Å²) in [6, 6.07) is 3.27. The summed E-state index contributed by atoms with van der Waals surface area (Å²) >= 11 is 6.28. The second-order valence-electron chi connectivity index (χ2n) is 5.91. The fraction of sp³-hybridized carbons (Fsp3) is 0.412. The maximum atomic E-state index is 13.9. The molecule has 4 nitrogen and oxygen atoms in total. The van der Waals surface area contributed by atoms with Gasteiger partial charge in [-0.25, -0.2) is 8.78 Å². The molecule has 0 saturated carbocycles. The Hall–Kier alpha value is -1.95. The molecule has 0 spiro atoms. The minimum atomic E-state index is -0.863. The van der Waals surface area contributed by atoms with Gasteiger partial charge in [0.05, 0.1) is 11.9 Å². The molecule has 3 rings (SSSR count). The number of anilines is 1. The summed E-state index contributed by atoms with van der Waals surface area (Å²) in [5.41, 5.74) is -0.160. The van der Waals surface area contributed by atoms with Crippen LogP contribution in [0, 0.1) is 11.6 Å². The third-order valence-electron chi connectivity index (χ3n) is 4.45. The Morgan fingerprint density at radius 1 is 1.29 bits per heavy atom. The Kier molecular flexibility index (Phi) is 4.85. The van der Waals surface area contributed by atoms with Crippen LogP contribution in [0.5, 0.6) is 0 Å². The lowest BCUT2D eigenvalue weighted by molar-refractivity contribution is 0.449. The average Bonchev–Trinajstić information content (AvgIpc) is 2.58. The van der Waals surface area contributed by atoms with Crippen LogP contribution >= 0.6 is 11.6 Å². The van der Waals surface area contributed by atoms with Crippen LogP contribution in [-0.4, -0.2) is 22.4 Å². The van der Waals surface area contributed by atoms with Crippen molar-refractivity contribution in [1.29, 1.82) is 0 Å². The summed E-state index contributed by atoms with van der Waals surface area (Å²) in [6.45, 7) is 2.91. The third-order valence-corrected chi connectivity index (χ3v) is 4.80. The first kappa shape index (κ1) is 16.9. The Morgan fingerprint density at radius 3 is 2.79 bits per heavy atom. The number of aromatic nitrogens is 2. The number of halogens is 3. The van der Waals surface area contributed by atoms with Gasteiger partial charge in [-0.3, -0.25) is 4.79 Å². The Morgan fingerprint density at radius 2 is 2.08 bits per heavy atom. The molecule has 1 aliphatic heterocycles. The maximum Gasteiger partial charge on any atom is 0.292 e. The molecule has 1 atom stereocenters. The van der Waals surface area contributed by atoms with Gasteiger partial charge in [-0.1, -0.05) is 18.5 Å². The van der Waals surface area contributed by atoms with Gasteiger partial charge < -0.3 is 4.90 Å². The highest BCUT2D eigenvalue weighted by Crippen LogP contribution is 2.30. The van der Waals surface area contributed by atoms with Gasteiger partial charge in [0.1, 0.15) is 16.5 Å². The van der Waals surface area contributed by atoms with Crippen LogP contribution in [-0.2, 0) is 0 Å². The second kappa shape index (κ2) is 6.89. The highest BCUT2D eigenvalue weighted by atomic mass is 35.5. The minimum absolute atomic E-state index is 0.00840. The highest BCUT2D eigenvalue weighted by Gasteiger charge is 2.25. The van der Waals surface area contributed by atoms with Crippen LogP contribution in [0.3, 0.4) is 0 Å². The van der Waals surface area contributed by atoms with E-state index in [4.69, 9.17) is 11.6 Å². The van der Waals surface area contributed by atoms with Gasteiger partial charge in [-0.2, -0.15) is 9.78 Å². The van der Waals surface area contributed by atoms with E-state index in [-0.39, 0.29) is 10.7 Å². The zero-order valence-corrected chi connectivity index (χ0v) is 14.1. The Bertz CT molecular complexity index is 809. The highest BCUT2D eigenvalue weighted by molar-refractivity contribution is 6.33. The first-order chi connectivity index (χ1) is 11.5. The molecule has 0 radical (unpaired) electrons. The molecule has 0 amide bonds. The van der Waals surface area contributed by atoms with E-state index in [0.29, 0.717) is 17.8 Å². The third kappa shape index (κ3) is 3.02.